The molecule has 1 unspecified atom stereocenters. The smallest absolute Gasteiger partial charge is 0.240 e. The molecule has 0 saturated carbocycles. The lowest BCUT2D eigenvalue weighted by molar-refractivity contribution is 0.557. The highest BCUT2D eigenvalue weighted by Crippen LogP contribution is 2.14. The molecule has 0 aromatic heterocycles. The molecule has 0 amide bonds. The van der Waals surface area contributed by atoms with Crippen LogP contribution in [0.3, 0.4) is 0 Å². The molecule has 4 nitrogen and oxygen atoms in total. The number of benzene rings is 1. The van der Waals surface area contributed by atoms with Crippen LogP contribution in [0.2, 0.25) is 0 Å². The van der Waals surface area contributed by atoms with Crippen LogP contribution in [-0.4, -0.2) is 33.0 Å². The van der Waals surface area contributed by atoms with Gasteiger partial charge in [-0.2, -0.15) is 11.8 Å². The lowest BCUT2D eigenvalue weighted by Crippen LogP contribution is -2.32. The van der Waals surface area contributed by atoms with E-state index < -0.39 is 10.0 Å². The Bertz CT molecular complexity index is 472. The highest BCUT2D eigenvalue weighted by Gasteiger charge is 2.16. The maximum Gasteiger partial charge on any atom is 0.240 e. The van der Waals surface area contributed by atoms with E-state index >= 15 is 0 Å². The number of anilines is 1. The summed E-state index contributed by atoms with van der Waals surface area (Å²) in [6, 6.07) is 6.77. The zero-order chi connectivity index (χ0) is 14.3. The topological polar surface area (TPSA) is 58.2 Å². The first-order valence-electron chi connectivity index (χ1n) is 6.34. The van der Waals surface area contributed by atoms with E-state index in [9.17, 15) is 8.42 Å². The standard InChI is InChI=1S/C13H22N2O2S2/c1-4-14-12-5-7-13(8-6-12)19(16,17)15-11(2)9-10-18-3/h5-8,11,14-15H,4,9-10H2,1-3H3. The van der Waals surface area contributed by atoms with Crippen LogP contribution < -0.4 is 10.0 Å². The first kappa shape index (κ1) is 16.3. The van der Waals surface area contributed by atoms with E-state index in [4.69, 9.17) is 0 Å². The van der Waals surface area contributed by atoms with Crippen LogP contribution in [0.5, 0.6) is 0 Å². The van der Waals surface area contributed by atoms with Crippen molar-refractivity contribution in [2.45, 2.75) is 31.2 Å². The van der Waals surface area contributed by atoms with Crippen molar-refractivity contribution in [2.75, 3.05) is 23.9 Å². The largest absolute Gasteiger partial charge is 0.385 e. The molecule has 0 bridgehead atoms. The second-order valence-electron chi connectivity index (χ2n) is 4.36. The third-order valence-electron chi connectivity index (χ3n) is 2.66. The van der Waals surface area contributed by atoms with Crippen LogP contribution in [0.1, 0.15) is 20.3 Å². The van der Waals surface area contributed by atoms with Gasteiger partial charge in [0.2, 0.25) is 10.0 Å². The summed E-state index contributed by atoms with van der Waals surface area (Å²) < 4.78 is 27.0. The molecule has 0 heterocycles. The quantitative estimate of drug-likeness (QED) is 0.775. The summed E-state index contributed by atoms with van der Waals surface area (Å²) in [5.41, 5.74) is 0.928. The average Bonchev–Trinajstić information content (AvgIpc) is 2.37. The third-order valence-corrected chi connectivity index (χ3v) is 4.91. The Labute approximate surface area is 120 Å². The maximum atomic E-state index is 12.1. The molecule has 1 aromatic carbocycles. The van der Waals surface area contributed by atoms with Crippen LogP contribution in [0.4, 0.5) is 5.69 Å². The van der Waals surface area contributed by atoms with E-state index in [1.807, 2.05) is 20.1 Å². The van der Waals surface area contributed by atoms with Gasteiger partial charge in [-0.15, -0.1) is 0 Å². The number of nitrogens with one attached hydrogen (secondary N) is 2. The Kier molecular flexibility index (Phi) is 6.68. The van der Waals surface area contributed by atoms with Gasteiger partial charge in [-0.05, 0) is 56.5 Å². The van der Waals surface area contributed by atoms with E-state index in [2.05, 4.69) is 10.0 Å². The molecule has 2 N–H and O–H groups in total. The minimum absolute atomic E-state index is 0.0501. The second-order valence-corrected chi connectivity index (χ2v) is 7.06. The summed E-state index contributed by atoms with van der Waals surface area (Å²) in [6.45, 7) is 4.70. The molecular formula is C13H22N2O2S2. The van der Waals surface area contributed by atoms with Gasteiger partial charge in [-0.3, -0.25) is 0 Å². The van der Waals surface area contributed by atoms with Crippen LogP contribution >= 0.6 is 11.8 Å². The van der Waals surface area contributed by atoms with Crippen molar-refractivity contribution < 1.29 is 8.42 Å². The van der Waals surface area contributed by atoms with E-state index in [0.717, 1.165) is 24.4 Å². The van der Waals surface area contributed by atoms with Crippen molar-refractivity contribution in [1.82, 2.24) is 4.72 Å². The number of sulfonamides is 1. The fraction of sp³-hybridized carbons (Fsp3) is 0.538. The average molecular weight is 302 g/mol. The molecule has 108 valence electrons. The molecular weight excluding hydrogens is 280 g/mol. The first-order chi connectivity index (χ1) is 8.99. The molecule has 0 aliphatic carbocycles. The fourth-order valence-electron chi connectivity index (χ4n) is 1.64. The second kappa shape index (κ2) is 7.77. The predicted octanol–water partition coefficient (Wildman–Crippen LogP) is 2.54. The molecule has 0 aliphatic rings. The van der Waals surface area contributed by atoms with Crippen molar-refractivity contribution in [2.24, 2.45) is 0 Å². The van der Waals surface area contributed by atoms with Gasteiger partial charge in [0.25, 0.3) is 0 Å². The summed E-state index contributed by atoms with van der Waals surface area (Å²) in [5.74, 6) is 0.947. The van der Waals surface area contributed by atoms with Gasteiger partial charge in [0.05, 0.1) is 4.90 Å². The summed E-state index contributed by atoms with van der Waals surface area (Å²) in [7, 11) is -3.41. The Hall–Kier alpha value is -0.720. The summed E-state index contributed by atoms with van der Waals surface area (Å²) >= 11 is 1.72. The summed E-state index contributed by atoms with van der Waals surface area (Å²) in [6.07, 6.45) is 2.84. The SMILES string of the molecule is CCNc1ccc(S(=O)(=O)NC(C)CCSC)cc1. The van der Waals surface area contributed by atoms with E-state index in [1.54, 1.807) is 36.0 Å². The Morgan fingerprint density at radius 1 is 1.26 bits per heavy atom. The Morgan fingerprint density at radius 2 is 1.89 bits per heavy atom. The van der Waals surface area contributed by atoms with E-state index in [-0.39, 0.29) is 6.04 Å². The van der Waals surface area contributed by atoms with Crippen LogP contribution in [0, 0.1) is 0 Å². The van der Waals surface area contributed by atoms with Gasteiger partial charge in [0.1, 0.15) is 0 Å². The monoisotopic (exact) mass is 302 g/mol. The molecule has 0 fully saturated rings. The molecule has 1 atom stereocenters. The molecule has 0 saturated heterocycles. The van der Waals surface area contributed by atoms with Crippen molar-refractivity contribution >= 4 is 27.5 Å². The van der Waals surface area contributed by atoms with Crippen LogP contribution in [0.15, 0.2) is 29.2 Å². The number of rotatable bonds is 8. The molecule has 0 radical (unpaired) electrons. The number of hydrogen-bond donors (Lipinski definition) is 2. The fourth-order valence-corrected chi connectivity index (χ4v) is 3.51. The lowest BCUT2D eigenvalue weighted by atomic mass is 10.3. The maximum absolute atomic E-state index is 12.1. The lowest BCUT2D eigenvalue weighted by Gasteiger charge is -2.14. The Morgan fingerprint density at radius 3 is 2.42 bits per heavy atom. The molecule has 6 heteroatoms. The molecule has 19 heavy (non-hydrogen) atoms. The zero-order valence-electron chi connectivity index (χ0n) is 11.6. The molecule has 0 aliphatic heterocycles. The third kappa shape index (κ3) is 5.42. The minimum Gasteiger partial charge on any atom is -0.385 e. The van der Waals surface area contributed by atoms with Crippen molar-refractivity contribution in [3.8, 4) is 0 Å². The normalized spacial score (nSPS) is 13.2. The highest BCUT2D eigenvalue weighted by molar-refractivity contribution is 7.98. The van der Waals surface area contributed by atoms with Crippen molar-refractivity contribution in [1.29, 1.82) is 0 Å². The van der Waals surface area contributed by atoms with Gasteiger partial charge < -0.3 is 5.32 Å². The van der Waals surface area contributed by atoms with Gasteiger partial charge in [-0.1, -0.05) is 0 Å². The van der Waals surface area contributed by atoms with Gasteiger partial charge in [-0.25, -0.2) is 13.1 Å². The van der Waals surface area contributed by atoms with Gasteiger partial charge >= 0.3 is 0 Å². The minimum atomic E-state index is -3.41. The van der Waals surface area contributed by atoms with Crippen molar-refractivity contribution in [3.63, 3.8) is 0 Å². The molecule has 1 aromatic rings. The summed E-state index contributed by atoms with van der Waals surface area (Å²) in [4.78, 5) is 0.310. The first-order valence-corrected chi connectivity index (χ1v) is 9.22. The van der Waals surface area contributed by atoms with E-state index in [1.165, 1.54) is 0 Å². The highest BCUT2D eigenvalue weighted by atomic mass is 32.2. The number of thioether (sulfide) groups is 1. The van der Waals surface area contributed by atoms with Gasteiger partial charge in [0, 0.05) is 18.3 Å². The van der Waals surface area contributed by atoms with Crippen LogP contribution in [0.25, 0.3) is 0 Å². The summed E-state index contributed by atoms with van der Waals surface area (Å²) in [5, 5.41) is 3.14. The van der Waals surface area contributed by atoms with Gasteiger partial charge in [0.15, 0.2) is 0 Å². The number of hydrogen-bond acceptors (Lipinski definition) is 4. The predicted molar refractivity (Wildman–Crippen MR) is 83.4 cm³/mol. The van der Waals surface area contributed by atoms with Crippen LogP contribution in [-0.2, 0) is 10.0 Å². The molecule has 1 rings (SSSR count). The van der Waals surface area contributed by atoms with E-state index in [0.29, 0.717) is 4.90 Å². The van der Waals surface area contributed by atoms with Crippen molar-refractivity contribution in [3.05, 3.63) is 24.3 Å². The zero-order valence-corrected chi connectivity index (χ0v) is 13.3. The Balaban J connectivity index is 2.71. The molecule has 0 spiro atoms.